The van der Waals surface area contributed by atoms with Crippen LogP contribution in [-0.2, 0) is 0 Å². The Morgan fingerprint density at radius 3 is 0.511 bits per heavy atom. The van der Waals surface area contributed by atoms with Gasteiger partial charge >= 0.3 is 0 Å². The zero-order valence-electron chi connectivity index (χ0n) is 49.3. The lowest BCUT2D eigenvalue weighted by molar-refractivity contribution is 1.17. The molecule has 14 aromatic carbocycles. The average Bonchev–Trinajstić information content (AvgIpc) is 1.68. The number of hydrogen-bond donors (Lipinski definition) is 0. The topological polar surface area (TPSA) is 22.8 Å². The molecule has 6 heteroatoms. The van der Waals surface area contributed by atoms with Crippen molar-refractivity contribution in [1.29, 1.82) is 0 Å². The molecule has 0 fully saturated rings. The van der Waals surface area contributed by atoms with Crippen molar-refractivity contribution in [1.82, 2.24) is 9.13 Å². The predicted octanol–water partition coefficient (Wildman–Crippen LogP) is 23.4. The largest absolute Gasteiger partial charge is 0.310 e. The molecule has 0 spiro atoms. The van der Waals surface area contributed by atoms with Crippen molar-refractivity contribution in [3.8, 4) is 22.5 Å². The van der Waals surface area contributed by atoms with Gasteiger partial charge in [0.15, 0.2) is 0 Å². The summed E-state index contributed by atoms with van der Waals surface area (Å²) in [6, 6.07) is 131. The third-order valence-corrected chi connectivity index (χ3v) is 17.2. The number of hydrogen-bond acceptors (Lipinski definition) is 4. The van der Waals surface area contributed by atoms with E-state index in [-0.39, 0.29) is 0 Å². The first kappa shape index (κ1) is 53.4. The average molecular weight is 1150 g/mol. The SMILES string of the molecule is c1ccc(N(c2ccccc2)c2ccc3c(c2)c2cc(N(c4ccccc4)c4ccccc4)ccc2n3-c2ccc(-c3ccc(-n4c5ccc(N(c6ccccc6)c6ccccc6)cc5c5cc(N(c6ccccc6)c6ccccc6)ccc54)cc3)cc2)cc1. The van der Waals surface area contributed by atoms with Gasteiger partial charge in [-0.25, -0.2) is 0 Å². The van der Waals surface area contributed by atoms with E-state index in [9.17, 15) is 0 Å². The molecule has 16 rings (SSSR count). The van der Waals surface area contributed by atoms with Gasteiger partial charge in [0.05, 0.1) is 22.1 Å². The van der Waals surface area contributed by atoms with Gasteiger partial charge in [-0.2, -0.15) is 0 Å². The molecule has 0 bridgehead atoms. The van der Waals surface area contributed by atoms with Gasteiger partial charge in [-0.3, -0.25) is 0 Å². The first-order valence-electron chi connectivity index (χ1n) is 30.7. The van der Waals surface area contributed by atoms with E-state index in [2.05, 4.69) is 393 Å². The molecule has 2 aromatic heterocycles. The first-order chi connectivity index (χ1) is 44.7. The zero-order valence-corrected chi connectivity index (χ0v) is 49.3. The van der Waals surface area contributed by atoms with E-state index in [1.807, 2.05) is 0 Å². The Morgan fingerprint density at radius 2 is 0.333 bits per heavy atom. The lowest BCUT2D eigenvalue weighted by Gasteiger charge is -2.26. The first-order valence-corrected chi connectivity index (χ1v) is 30.7. The molecule has 426 valence electrons. The summed E-state index contributed by atoms with van der Waals surface area (Å²) in [4.78, 5) is 9.38. The van der Waals surface area contributed by atoms with E-state index in [1.165, 1.54) is 0 Å². The Bertz CT molecular complexity index is 4370. The Hall–Kier alpha value is -12.1. The maximum atomic E-state index is 2.42. The fourth-order valence-corrected chi connectivity index (χ4v) is 13.1. The highest BCUT2D eigenvalue weighted by Gasteiger charge is 2.23. The summed E-state index contributed by atoms with van der Waals surface area (Å²) in [6.45, 7) is 0. The van der Waals surface area contributed by atoms with Crippen LogP contribution in [0, 0.1) is 0 Å². The Labute approximate surface area is 524 Å². The standard InChI is InChI=1S/C84H60N6/c1-9-25-63(26-10-1)85(64-27-11-2-12-28-64)73-49-53-81-77(57-73)78-58-74(86(65-29-13-3-14-30-65)66-31-15-4-16-32-66)50-54-82(78)89(81)71-45-41-61(42-46-71)62-43-47-72(48-44-62)90-83-55-51-75(87(67-33-17-5-18-34-67)68-35-19-6-20-36-68)59-79(83)80-60-76(52-56-84(80)90)88(69-37-21-7-22-38-69)70-39-23-8-24-40-70/h1-60H. The summed E-state index contributed by atoms with van der Waals surface area (Å²) in [6.07, 6.45) is 0. The number of aromatic nitrogens is 2. The summed E-state index contributed by atoms with van der Waals surface area (Å²) < 4.78 is 4.85. The highest BCUT2D eigenvalue weighted by atomic mass is 15.2. The molecule has 0 N–H and O–H groups in total. The van der Waals surface area contributed by atoms with Crippen molar-refractivity contribution < 1.29 is 0 Å². The number of rotatable bonds is 15. The van der Waals surface area contributed by atoms with Crippen molar-refractivity contribution in [3.05, 3.63) is 364 Å². The molecule has 0 aliphatic rings. The molecule has 0 amide bonds. The molecule has 0 aliphatic heterocycles. The second kappa shape index (κ2) is 23.3. The van der Waals surface area contributed by atoms with Gasteiger partial charge in [0, 0.05) is 101 Å². The van der Waals surface area contributed by atoms with E-state index in [4.69, 9.17) is 0 Å². The minimum Gasteiger partial charge on any atom is -0.310 e. The highest BCUT2D eigenvalue weighted by Crippen LogP contribution is 2.46. The van der Waals surface area contributed by atoms with Gasteiger partial charge in [0.1, 0.15) is 0 Å². The third-order valence-electron chi connectivity index (χ3n) is 17.2. The Balaban J connectivity index is 0.803. The van der Waals surface area contributed by atoms with Crippen LogP contribution in [0.5, 0.6) is 0 Å². The van der Waals surface area contributed by atoms with Crippen LogP contribution in [0.1, 0.15) is 0 Å². The fraction of sp³-hybridized carbons (Fsp3) is 0. The van der Waals surface area contributed by atoms with E-state index in [0.717, 1.165) is 134 Å². The molecule has 6 nitrogen and oxygen atoms in total. The van der Waals surface area contributed by atoms with Crippen LogP contribution in [0.25, 0.3) is 66.1 Å². The Morgan fingerprint density at radius 1 is 0.156 bits per heavy atom. The maximum absolute atomic E-state index is 2.42. The molecule has 0 unspecified atom stereocenters. The van der Waals surface area contributed by atoms with Gasteiger partial charge in [-0.15, -0.1) is 0 Å². The molecule has 2 heterocycles. The number of para-hydroxylation sites is 8. The summed E-state index contributed by atoms with van der Waals surface area (Å²) in [7, 11) is 0. The summed E-state index contributed by atoms with van der Waals surface area (Å²) in [5.41, 5.74) is 22.0. The molecule has 0 radical (unpaired) electrons. The van der Waals surface area contributed by atoms with Crippen LogP contribution >= 0.6 is 0 Å². The minimum absolute atomic E-state index is 1.08. The van der Waals surface area contributed by atoms with E-state index in [1.54, 1.807) is 0 Å². The highest BCUT2D eigenvalue weighted by molar-refractivity contribution is 6.13. The van der Waals surface area contributed by atoms with Crippen molar-refractivity contribution >= 4 is 112 Å². The molecule has 0 atom stereocenters. The van der Waals surface area contributed by atoms with Crippen LogP contribution in [0.3, 0.4) is 0 Å². The van der Waals surface area contributed by atoms with Crippen molar-refractivity contribution in [2.24, 2.45) is 0 Å². The molecule has 0 aliphatic carbocycles. The number of nitrogens with zero attached hydrogens (tertiary/aromatic N) is 6. The van der Waals surface area contributed by atoms with Crippen molar-refractivity contribution in [2.75, 3.05) is 19.6 Å². The van der Waals surface area contributed by atoms with Crippen LogP contribution < -0.4 is 19.6 Å². The van der Waals surface area contributed by atoms with Crippen LogP contribution in [0.2, 0.25) is 0 Å². The summed E-state index contributed by atoms with van der Waals surface area (Å²) in [5, 5.41) is 4.64. The maximum Gasteiger partial charge on any atom is 0.0542 e. The van der Waals surface area contributed by atoms with Crippen molar-refractivity contribution in [2.45, 2.75) is 0 Å². The van der Waals surface area contributed by atoms with Gasteiger partial charge in [0.2, 0.25) is 0 Å². The lowest BCUT2D eigenvalue weighted by atomic mass is 10.0. The second-order valence-corrected chi connectivity index (χ2v) is 22.6. The second-order valence-electron chi connectivity index (χ2n) is 22.6. The number of fused-ring (bicyclic) bond motifs is 6. The molecule has 16 aromatic rings. The summed E-state index contributed by atoms with van der Waals surface area (Å²) in [5.74, 6) is 0. The number of benzene rings is 14. The van der Waals surface area contributed by atoms with Crippen molar-refractivity contribution in [3.63, 3.8) is 0 Å². The fourth-order valence-electron chi connectivity index (χ4n) is 13.1. The Kier molecular flexibility index (Phi) is 13.8. The quantitative estimate of drug-likeness (QED) is 0.102. The van der Waals surface area contributed by atoms with Gasteiger partial charge in [-0.05, 0) is 205 Å². The summed E-state index contributed by atoms with van der Waals surface area (Å²) >= 11 is 0. The number of anilines is 12. The van der Waals surface area contributed by atoms with Crippen LogP contribution in [0.4, 0.5) is 68.2 Å². The van der Waals surface area contributed by atoms with Crippen LogP contribution in [-0.4, -0.2) is 9.13 Å². The predicted molar refractivity (Wildman–Crippen MR) is 379 cm³/mol. The molecule has 0 saturated heterocycles. The van der Waals surface area contributed by atoms with Gasteiger partial charge < -0.3 is 28.7 Å². The molecule has 0 saturated carbocycles. The molecular weight excluding hydrogens is 1090 g/mol. The normalized spacial score (nSPS) is 11.3. The van der Waals surface area contributed by atoms with Crippen LogP contribution in [0.15, 0.2) is 364 Å². The third kappa shape index (κ3) is 9.85. The van der Waals surface area contributed by atoms with Gasteiger partial charge in [0.25, 0.3) is 0 Å². The van der Waals surface area contributed by atoms with E-state index >= 15 is 0 Å². The van der Waals surface area contributed by atoms with E-state index < -0.39 is 0 Å². The zero-order chi connectivity index (χ0) is 59.7. The molecule has 90 heavy (non-hydrogen) atoms. The lowest BCUT2D eigenvalue weighted by Crippen LogP contribution is -2.09. The molecular formula is C84H60N6. The van der Waals surface area contributed by atoms with E-state index in [0.29, 0.717) is 0 Å². The monoisotopic (exact) mass is 1150 g/mol. The smallest absolute Gasteiger partial charge is 0.0542 e. The van der Waals surface area contributed by atoms with Gasteiger partial charge in [-0.1, -0.05) is 170 Å². The minimum atomic E-state index is 1.08.